The predicted octanol–water partition coefficient (Wildman–Crippen LogP) is 5.92. The number of hydrogen-bond acceptors (Lipinski definition) is 1. The van der Waals surface area contributed by atoms with E-state index in [9.17, 15) is 87.8 Å². The van der Waals surface area contributed by atoms with E-state index in [1.165, 1.54) is 0 Å². The predicted molar refractivity (Wildman–Crippen MR) is 52.7 cm³/mol. The summed E-state index contributed by atoms with van der Waals surface area (Å²) in [6, 6.07) is 0. The molecule has 0 aliphatic heterocycles. The van der Waals surface area contributed by atoms with Crippen LogP contribution in [0.5, 0.6) is 0 Å². The van der Waals surface area contributed by atoms with Gasteiger partial charge >= 0.3 is 53.7 Å². The molecule has 2 unspecified atom stereocenters. The van der Waals surface area contributed by atoms with Gasteiger partial charge in [-0.25, -0.2) is 4.39 Å². The lowest BCUT2D eigenvalue weighted by atomic mass is 9.88. The first-order chi connectivity index (χ1) is 12.9. The van der Waals surface area contributed by atoms with Gasteiger partial charge in [-0.2, -0.15) is 83.4 Å². The third-order valence-electron chi connectivity index (χ3n) is 3.40. The molecule has 1 nitrogen and oxygen atoms in total. The summed E-state index contributed by atoms with van der Waals surface area (Å²) in [5.74, 6) is -59.2. The van der Waals surface area contributed by atoms with Crippen molar-refractivity contribution >= 4 is 0 Å². The first-order valence-corrected chi connectivity index (χ1v) is 6.36. The van der Waals surface area contributed by atoms with Crippen molar-refractivity contribution in [1.29, 1.82) is 0 Å². The first-order valence-electron chi connectivity index (χ1n) is 6.36. The van der Waals surface area contributed by atoms with Gasteiger partial charge in [0.05, 0.1) is 0 Å². The molecule has 0 aromatic carbocycles. The van der Waals surface area contributed by atoms with Gasteiger partial charge < -0.3 is 5.11 Å². The molecule has 0 fully saturated rings. The molecule has 21 heteroatoms. The van der Waals surface area contributed by atoms with Crippen LogP contribution in [0.4, 0.5) is 87.8 Å². The lowest BCUT2D eigenvalue weighted by Gasteiger charge is -2.42. The minimum absolute atomic E-state index is 6.71. The minimum atomic E-state index is -8.92. The Morgan fingerprint density at radius 3 is 0.903 bits per heavy atom. The quantitative estimate of drug-likeness (QED) is 0.416. The zero-order valence-corrected chi connectivity index (χ0v) is 13.1. The number of halogens is 20. The minimum Gasteiger partial charge on any atom is -0.352 e. The molecular weight excluding hydrogens is 516 g/mol. The van der Waals surface area contributed by atoms with Crippen molar-refractivity contribution in [3.63, 3.8) is 0 Å². The normalized spacial score (nSPS) is 19.3. The van der Waals surface area contributed by atoms with Crippen LogP contribution in [-0.4, -0.2) is 65.0 Å². The summed E-state index contributed by atoms with van der Waals surface area (Å²) in [4.78, 5) is 0. The Balaban J connectivity index is 6.77. The van der Waals surface area contributed by atoms with Crippen molar-refractivity contribution in [2.75, 3.05) is 0 Å². The molecule has 0 saturated heterocycles. The van der Waals surface area contributed by atoms with Gasteiger partial charge in [-0.1, -0.05) is 0 Å². The van der Waals surface area contributed by atoms with E-state index in [4.69, 9.17) is 5.11 Å². The van der Waals surface area contributed by atoms with Crippen LogP contribution in [0.1, 0.15) is 0 Å². The lowest BCUT2D eigenvalue weighted by molar-refractivity contribution is -0.461. The Morgan fingerprint density at radius 1 is 0.387 bits per heavy atom. The van der Waals surface area contributed by atoms with Crippen LogP contribution in [0.2, 0.25) is 0 Å². The van der Waals surface area contributed by atoms with Crippen LogP contribution in [0.15, 0.2) is 0 Å². The molecule has 0 heterocycles. The van der Waals surface area contributed by atoms with Gasteiger partial charge in [0.15, 0.2) is 0 Å². The van der Waals surface area contributed by atoms with E-state index in [0.29, 0.717) is 0 Å². The molecule has 0 spiro atoms. The average Bonchev–Trinajstić information content (AvgIpc) is 2.50. The number of hydrogen-bond donors (Lipinski definition) is 1. The molecule has 0 saturated carbocycles. The van der Waals surface area contributed by atoms with Crippen molar-refractivity contribution in [3.05, 3.63) is 0 Å². The Hall–Kier alpha value is -1.44. The zero-order valence-electron chi connectivity index (χ0n) is 13.1. The smallest absolute Gasteiger partial charge is 0.352 e. The molecule has 0 bridgehead atoms. The van der Waals surface area contributed by atoms with Gasteiger partial charge in [0.25, 0.3) is 0 Å². The molecule has 0 aliphatic rings. The van der Waals surface area contributed by atoms with Crippen LogP contribution in [0.25, 0.3) is 0 Å². The van der Waals surface area contributed by atoms with E-state index in [1.807, 2.05) is 0 Å². The SMILES string of the molecule is OC(F)(C(F)C(F)(F)C(F)(F)C(F)(F)C(F)(F)C(F)(F)C(F)(F)C(F)(F)F)C(F)(F)F. The summed E-state index contributed by atoms with van der Waals surface area (Å²) in [5, 5.41) is 7.85. The second-order valence-corrected chi connectivity index (χ2v) is 5.53. The second kappa shape index (κ2) is 7.03. The zero-order chi connectivity index (χ0) is 26.1. The summed E-state index contributed by atoms with van der Waals surface area (Å²) >= 11 is 0. The molecule has 0 radical (unpaired) electrons. The van der Waals surface area contributed by atoms with Crippen LogP contribution in [0.3, 0.4) is 0 Å². The molecule has 0 aromatic heterocycles. The van der Waals surface area contributed by atoms with E-state index < -0.39 is 59.9 Å². The van der Waals surface area contributed by atoms with Gasteiger partial charge in [0.2, 0.25) is 6.17 Å². The first kappa shape index (κ1) is 29.6. The van der Waals surface area contributed by atoms with Gasteiger partial charge in [-0.15, -0.1) is 0 Å². The van der Waals surface area contributed by atoms with E-state index in [-0.39, 0.29) is 0 Å². The summed E-state index contributed by atoms with van der Waals surface area (Å²) in [6.07, 6.45) is -22.0. The van der Waals surface area contributed by atoms with Crippen LogP contribution in [-0.2, 0) is 0 Å². The van der Waals surface area contributed by atoms with Crippen molar-refractivity contribution in [2.24, 2.45) is 0 Å². The summed E-state index contributed by atoms with van der Waals surface area (Å²) in [6.45, 7) is 0. The van der Waals surface area contributed by atoms with Gasteiger partial charge in [-0.05, 0) is 0 Å². The second-order valence-electron chi connectivity index (χ2n) is 5.53. The summed E-state index contributed by atoms with van der Waals surface area (Å²) in [5.41, 5.74) is 0. The molecule has 31 heavy (non-hydrogen) atoms. The molecule has 2 atom stereocenters. The van der Waals surface area contributed by atoms with Crippen molar-refractivity contribution in [1.82, 2.24) is 0 Å². The highest BCUT2D eigenvalue weighted by molar-refractivity contribution is 5.15. The fourth-order valence-corrected chi connectivity index (χ4v) is 1.52. The number of aliphatic hydroxyl groups is 1. The standard InChI is InChI=1S/C10H2F20O/c11-1(3(14,31)9(25,26)27)2(12,13)4(15,16)5(17,18)6(19,20)7(21,22)8(23,24)10(28,29)30/h1,31H. The third kappa shape index (κ3) is 3.72. The van der Waals surface area contributed by atoms with Gasteiger partial charge in [0.1, 0.15) is 0 Å². The van der Waals surface area contributed by atoms with Crippen LogP contribution >= 0.6 is 0 Å². The van der Waals surface area contributed by atoms with Crippen molar-refractivity contribution in [2.45, 2.75) is 59.9 Å². The van der Waals surface area contributed by atoms with Crippen molar-refractivity contribution in [3.8, 4) is 0 Å². The third-order valence-corrected chi connectivity index (χ3v) is 3.40. The van der Waals surface area contributed by atoms with Crippen LogP contribution < -0.4 is 0 Å². The maximum atomic E-state index is 13.1. The lowest BCUT2D eigenvalue weighted by Crippen LogP contribution is -2.75. The maximum Gasteiger partial charge on any atom is 0.460 e. The van der Waals surface area contributed by atoms with Gasteiger partial charge in [-0.3, -0.25) is 0 Å². The molecule has 0 amide bonds. The molecule has 0 aromatic rings. The van der Waals surface area contributed by atoms with E-state index in [0.717, 1.165) is 0 Å². The summed E-state index contributed by atoms with van der Waals surface area (Å²) < 4.78 is 252. The van der Waals surface area contributed by atoms with E-state index in [1.54, 1.807) is 0 Å². The van der Waals surface area contributed by atoms with Crippen molar-refractivity contribution < 1.29 is 92.9 Å². The summed E-state index contributed by atoms with van der Waals surface area (Å²) in [7, 11) is 0. The fourth-order valence-electron chi connectivity index (χ4n) is 1.52. The topological polar surface area (TPSA) is 20.2 Å². The number of rotatable bonds is 7. The molecular formula is C10H2F20O. The number of alkyl halides is 20. The van der Waals surface area contributed by atoms with Gasteiger partial charge in [0, 0.05) is 0 Å². The van der Waals surface area contributed by atoms with Crippen LogP contribution in [0, 0.1) is 0 Å². The fraction of sp³-hybridized carbons (Fsp3) is 1.00. The highest BCUT2D eigenvalue weighted by Gasteiger charge is 2.94. The Bertz CT molecular complexity index is 652. The Labute approximate surface area is 154 Å². The molecule has 0 rings (SSSR count). The molecule has 188 valence electrons. The Morgan fingerprint density at radius 2 is 0.645 bits per heavy atom. The largest absolute Gasteiger partial charge is 0.460 e. The maximum absolute atomic E-state index is 13.1. The molecule has 1 N–H and O–H groups in total. The van der Waals surface area contributed by atoms with E-state index >= 15 is 0 Å². The monoisotopic (exact) mass is 518 g/mol. The average molecular weight is 518 g/mol. The Kier molecular flexibility index (Phi) is 6.70. The highest BCUT2D eigenvalue weighted by Crippen LogP contribution is 2.63. The highest BCUT2D eigenvalue weighted by atomic mass is 19.4. The molecule has 0 aliphatic carbocycles. The van der Waals surface area contributed by atoms with E-state index in [2.05, 4.69) is 0 Å².